The highest BCUT2D eigenvalue weighted by Crippen LogP contribution is 2.50. The molecule has 1 aliphatic carbocycles. The monoisotopic (exact) mass is 557 g/mol. The summed E-state index contributed by atoms with van der Waals surface area (Å²) in [5.74, 6) is 0.0754. The Morgan fingerprint density at radius 2 is 0.977 bits per heavy atom. The van der Waals surface area contributed by atoms with E-state index in [4.69, 9.17) is 0 Å². The molecule has 7 rings (SSSR count). The van der Waals surface area contributed by atoms with Gasteiger partial charge in [0.1, 0.15) is 0 Å². The van der Waals surface area contributed by atoms with E-state index in [2.05, 4.69) is 102 Å². The average Bonchev–Trinajstić information content (AvgIpc) is 3.55. The van der Waals surface area contributed by atoms with E-state index in [9.17, 15) is 4.79 Å². The predicted molar refractivity (Wildman–Crippen MR) is 182 cm³/mol. The van der Waals surface area contributed by atoms with E-state index in [1.54, 1.807) is 0 Å². The molecule has 5 aromatic carbocycles. The number of carbonyl (C=O) groups is 1. The molecule has 210 valence electrons. The fraction of sp³-hybridized carbons (Fsp3) is 0.146. The van der Waals surface area contributed by atoms with Crippen LogP contribution in [0, 0.1) is 0 Å². The van der Waals surface area contributed by atoms with Crippen molar-refractivity contribution in [2.75, 3.05) is 0 Å². The lowest BCUT2D eigenvalue weighted by molar-refractivity contribution is -0.108. The number of benzene rings is 5. The van der Waals surface area contributed by atoms with Crippen molar-refractivity contribution >= 4 is 49.9 Å². The van der Waals surface area contributed by atoms with E-state index in [0.717, 1.165) is 57.5 Å². The van der Waals surface area contributed by atoms with E-state index in [1.165, 1.54) is 41.1 Å². The lowest BCUT2D eigenvalue weighted by atomic mass is 9.89. The summed E-state index contributed by atoms with van der Waals surface area (Å²) in [7, 11) is 0. The lowest BCUT2D eigenvalue weighted by Crippen LogP contribution is -2.02. The van der Waals surface area contributed by atoms with Gasteiger partial charge in [-0.15, -0.1) is 0 Å². The molecule has 0 amide bonds. The fourth-order valence-corrected chi connectivity index (χ4v) is 6.69. The molecule has 2 heteroatoms. The number of Topliss-reactive ketones (excluding diaryl/α,β-unsaturated/α-hetero) is 1. The Kier molecular flexibility index (Phi) is 7.35. The van der Waals surface area contributed by atoms with Crippen molar-refractivity contribution in [1.29, 1.82) is 0 Å². The van der Waals surface area contributed by atoms with Gasteiger partial charge in [-0.3, -0.25) is 4.79 Å². The summed E-state index contributed by atoms with van der Waals surface area (Å²) >= 11 is 0. The van der Waals surface area contributed by atoms with Gasteiger partial charge in [0.15, 0.2) is 5.78 Å². The van der Waals surface area contributed by atoms with Crippen molar-refractivity contribution in [2.24, 2.45) is 0 Å². The quantitative estimate of drug-likeness (QED) is 0.162. The Morgan fingerprint density at radius 1 is 0.465 bits per heavy atom. The van der Waals surface area contributed by atoms with Crippen LogP contribution in [0.25, 0.3) is 44.1 Å². The molecule has 0 radical (unpaired) electrons. The summed E-state index contributed by atoms with van der Waals surface area (Å²) in [5.41, 5.74) is 10.1. The van der Waals surface area contributed by atoms with E-state index >= 15 is 0 Å². The number of carbonyl (C=O) groups excluding carboxylic acids is 1. The second-order valence-electron chi connectivity index (χ2n) is 11.4. The first-order valence-corrected chi connectivity index (χ1v) is 15.5. The maximum absolute atomic E-state index is 14.6. The molecule has 1 heterocycles. The topological polar surface area (TPSA) is 22.0 Å². The minimum Gasteiger partial charge on any atom is -0.340 e. The number of para-hydroxylation sites is 1. The molecule has 0 saturated carbocycles. The van der Waals surface area contributed by atoms with Gasteiger partial charge in [-0.25, -0.2) is 0 Å². The highest BCUT2D eigenvalue weighted by molar-refractivity contribution is 6.59. The Balaban J connectivity index is 1.51. The van der Waals surface area contributed by atoms with Crippen LogP contribution in [0.2, 0.25) is 0 Å². The zero-order chi connectivity index (χ0) is 29.2. The molecule has 0 fully saturated rings. The van der Waals surface area contributed by atoms with Gasteiger partial charge >= 0.3 is 0 Å². The van der Waals surface area contributed by atoms with Gasteiger partial charge < -0.3 is 4.57 Å². The summed E-state index contributed by atoms with van der Waals surface area (Å²) in [4.78, 5) is 14.6. The van der Waals surface area contributed by atoms with E-state index < -0.39 is 0 Å². The molecule has 1 aromatic heterocycles. The number of fused-ring (bicyclic) bond motifs is 3. The van der Waals surface area contributed by atoms with Crippen LogP contribution in [0.4, 0.5) is 0 Å². The molecule has 0 bridgehead atoms. The largest absolute Gasteiger partial charge is 0.340 e. The first-order valence-electron chi connectivity index (χ1n) is 15.5. The molecule has 0 saturated heterocycles. The first-order chi connectivity index (χ1) is 21.3. The molecule has 0 atom stereocenters. The number of aryl methyl sites for hydroxylation is 1. The van der Waals surface area contributed by atoms with Gasteiger partial charge in [0, 0.05) is 50.6 Å². The van der Waals surface area contributed by atoms with Crippen molar-refractivity contribution in [3.05, 3.63) is 156 Å². The van der Waals surface area contributed by atoms with Gasteiger partial charge in [-0.2, -0.15) is 0 Å². The standard InChI is InChI=1S/C41H35NO/c1-2-3-4-16-27-42-35-24-15-14-23-33(35)34-26-25-32(28-36(34)42)38-37(29-17-8-5-9-18-29)39(30-19-10-6-11-20-30)41(43)40(38)31-21-12-7-13-22-31/h5-15,17-26,28H,2-4,16,27H2,1H3. The van der Waals surface area contributed by atoms with Gasteiger partial charge in [-0.05, 0) is 40.8 Å². The summed E-state index contributed by atoms with van der Waals surface area (Å²) in [5, 5.41) is 2.54. The SMILES string of the molecule is CCCCCCn1c2ccccc2c2ccc(C3=C(c4ccccc4)C(=O)C(c4ccccc4)=C3c3ccccc3)cc21. The van der Waals surface area contributed by atoms with Crippen LogP contribution in [0.1, 0.15) is 54.9 Å². The molecule has 43 heavy (non-hydrogen) atoms. The van der Waals surface area contributed by atoms with E-state index in [0.29, 0.717) is 0 Å². The van der Waals surface area contributed by atoms with Crippen molar-refractivity contribution in [3.8, 4) is 0 Å². The summed E-state index contributed by atoms with van der Waals surface area (Å²) < 4.78 is 2.49. The molecule has 0 unspecified atom stereocenters. The zero-order valence-electron chi connectivity index (χ0n) is 24.6. The summed E-state index contributed by atoms with van der Waals surface area (Å²) in [6.07, 6.45) is 4.85. The van der Waals surface area contributed by atoms with Crippen molar-refractivity contribution in [2.45, 2.75) is 39.2 Å². The molecular formula is C41H35NO. The van der Waals surface area contributed by atoms with Gasteiger partial charge in [0.25, 0.3) is 0 Å². The number of hydrogen-bond donors (Lipinski definition) is 0. The smallest absolute Gasteiger partial charge is 0.195 e. The minimum absolute atomic E-state index is 0.0754. The second kappa shape index (κ2) is 11.7. The number of unbranched alkanes of at least 4 members (excludes halogenated alkanes) is 3. The summed E-state index contributed by atoms with van der Waals surface area (Å²) in [6, 6.07) is 46.3. The van der Waals surface area contributed by atoms with Crippen LogP contribution in [0.3, 0.4) is 0 Å². The average molecular weight is 558 g/mol. The maximum Gasteiger partial charge on any atom is 0.195 e. The minimum atomic E-state index is 0.0754. The van der Waals surface area contributed by atoms with E-state index in [1.807, 2.05) is 42.5 Å². The van der Waals surface area contributed by atoms with Crippen LogP contribution in [0.5, 0.6) is 0 Å². The number of allylic oxidation sites excluding steroid dienone is 4. The second-order valence-corrected chi connectivity index (χ2v) is 11.4. The molecule has 6 aromatic rings. The zero-order valence-corrected chi connectivity index (χ0v) is 24.6. The Bertz CT molecular complexity index is 1990. The number of hydrogen-bond acceptors (Lipinski definition) is 1. The fourth-order valence-electron chi connectivity index (χ4n) is 6.69. The number of rotatable bonds is 9. The van der Waals surface area contributed by atoms with Crippen LogP contribution in [-0.4, -0.2) is 10.4 Å². The third-order valence-electron chi connectivity index (χ3n) is 8.69. The maximum atomic E-state index is 14.6. The normalized spacial score (nSPS) is 13.6. The molecule has 1 aliphatic rings. The summed E-state index contributed by atoms with van der Waals surface area (Å²) in [6.45, 7) is 3.24. The highest BCUT2D eigenvalue weighted by atomic mass is 16.1. The van der Waals surface area contributed by atoms with E-state index in [-0.39, 0.29) is 5.78 Å². The third-order valence-corrected chi connectivity index (χ3v) is 8.69. The van der Waals surface area contributed by atoms with Crippen molar-refractivity contribution < 1.29 is 4.79 Å². The Hall–Kier alpha value is -4.95. The molecule has 2 nitrogen and oxygen atoms in total. The van der Waals surface area contributed by atoms with Gasteiger partial charge in [0.2, 0.25) is 0 Å². The highest BCUT2D eigenvalue weighted by Gasteiger charge is 2.35. The Labute approximate surface area is 253 Å². The van der Waals surface area contributed by atoms with Crippen LogP contribution >= 0.6 is 0 Å². The molecule has 0 N–H and O–H groups in total. The first kappa shape index (κ1) is 26.9. The molecule has 0 spiro atoms. The molecular weight excluding hydrogens is 522 g/mol. The van der Waals surface area contributed by atoms with Crippen molar-refractivity contribution in [3.63, 3.8) is 0 Å². The third kappa shape index (κ3) is 4.83. The van der Waals surface area contributed by atoms with Gasteiger partial charge in [-0.1, -0.05) is 148 Å². The van der Waals surface area contributed by atoms with Crippen LogP contribution < -0.4 is 0 Å². The van der Waals surface area contributed by atoms with Crippen LogP contribution in [0.15, 0.2) is 133 Å². The predicted octanol–water partition coefficient (Wildman–Crippen LogP) is 10.5. The Morgan fingerprint density at radius 3 is 1.58 bits per heavy atom. The number of aromatic nitrogens is 1. The lowest BCUT2D eigenvalue weighted by Gasteiger charge is -2.15. The van der Waals surface area contributed by atoms with Gasteiger partial charge in [0.05, 0.1) is 0 Å². The number of ketones is 1. The number of nitrogens with zero attached hydrogens (tertiary/aromatic N) is 1. The van der Waals surface area contributed by atoms with Crippen LogP contribution in [-0.2, 0) is 11.3 Å². The molecule has 0 aliphatic heterocycles. The van der Waals surface area contributed by atoms with Crippen molar-refractivity contribution in [1.82, 2.24) is 4.57 Å².